The summed E-state index contributed by atoms with van der Waals surface area (Å²) >= 11 is 0. The number of rotatable bonds is 4. The van der Waals surface area contributed by atoms with Crippen molar-refractivity contribution >= 4 is 5.97 Å². The number of hydrogen-bond donors (Lipinski definition) is 1. The minimum absolute atomic E-state index is 0.252. The normalized spacial score (nSPS) is 10.9. The van der Waals surface area contributed by atoms with Crippen LogP contribution in [-0.2, 0) is 11.2 Å². The third-order valence-corrected chi connectivity index (χ3v) is 2.44. The second-order valence-corrected chi connectivity index (χ2v) is 3.84. The fourth-order valence-corrected chi connectivity index (χ4v) is 1.46. The number of aryl methyl sites for hydroxylation is 1. The molecule has 0 radical (unpaired) electrons. The molecule has 112 valence electrons. The van der Waals surface area contributed by atoms with Gasteiger partial charge in [0.1, 0.15) is 5.56 Å². The second kappa shape index (κ2) is 5.46. The summed E-state index contributed by atoms with van der Waals surface area (Å²) in [5.41, 5.74) is -1.36. The molecular weight excluding hydrogens is 303 g/mol. The van der Waals surface area contributed by atoms with Gasteiger partial charge in [-0.2, -0.15) is 0 Å². The van der Waals surface area contributed by atoms with Crippen molar-refractivity contribution < 1.29 is 36.3 Å². The highest BCUT2D eigenvalue weighted by molar-refractivity contribution is 5.66. The van der Waals surface area contributed by atoms with E-state index in [-0.39, 0.29) is 12.3 Å². The molecule has 0 aliphatic carbocycles. The summed E-state index contributed by atoms with van der Waals surface area (Å²) in [5.74, 6) is -13.2. The maximum Gasteiger partial charge on any atom is 0.303 e. The monoisotopic (exact) mass is 308 g/mol. The van der Waals surface area contributed by atoms with Crippen LogP contribution in [0.3, 0.4) is 0 Å². The molecule has 0 aliphatic rings. The first-order valence-corrected chi connectivity index (χ1v) is 5.39. The molecular formula is C11H5F5N2O3. The van der Waals surface area contributed by atoms with E-state index in [2.05, 4.69) is 10.2 Å². The summed E-state index contributed by atoms with van der Waals surface area (Å²) in [6.07, 6.45) is -0.656. The Hall–Kier alpha value is -2.52. The van der Waals surface area contributed by atoms with Crippen LogP contribution in [0.2, 0.25) is 0 Å². The topological polar surface area (TPSA) is 76.2 Å². The number of carboxylic acids is 1. The van der Waals surface area contributed by atoms with Crippen molar-refractivity contribution in [1.29, 1.82) is 0 Å². The van der Waals surface area contributed by atoms with Gasteiger partial charge in [-0.3, -0.25) is 4.79 Å². The number of carbonyl (C=O) groups is 1. The molecule has 0 saturated carbocycles. The van der Waals surface area contributed by atoms with E-state index in [1.807, 2.05) is 0 Å². The van der Waals surface area contributed by atoms with Crippen LogP contribution >= 0.6 is 0 Å². The first-order chi connectivity index (χ1) is 9.82. The zero-order chi connectivity index (χ0) is 15.7. The van der Waals surface area contributed by atoms with Crippen LogP contribution < -0.4 is 0 Å². The molecule has 5 nitrogen and oxygen atoms in total. The lowest BCUT2D eigenvalue weighted by molar-refractivity contribution is -0.137. The summed E-state index contributed by atoms with van der Waals surface area (Å²) in [6.45, 7) is 0. The van der Waals surface area contributed by atoms with Gasteiger partial charge in [-0.25, -0.2) is 22.0 Å². The predicted molar refractivity (Wildman–Crippen MR) is 55.5 cm³/mol. The van der Waals surface area contributed by atoms with Crippen LogP contribution in [-0.4, -0.2) is 21.3 Å². The van der Waals surface area contributed by atoms with Gasteiger partial charge in [0.25, 0.3) is 5.89 Å². The second-order valence-electron chi connectivity index (χ2n) is 3.84. The van der Waals surface area contributed by atoms with Crippen molar-refractivity contribution in [3.8, 4) is 11.5 Å². The molecule has 2 aromatic rings. The number of aliphatic carboxylic acids is 1. The Morgan fingerprint density at radius 1 is 0.952 bits per heavy atom. The third-order valence-electron chi connectivity index (χ3n) is 2.44. The van der Waals surface area contributed by atoms with Gasteiger partial charge >= 0.3 is 5.97 Å². The number of nitrogens with zero attached hydrogens (tertiary/aromatic N) is 2. The minimum atomic E-state index is -2.31. The molecule has 0 fully saturated rings. The highest BCUT2D eigenvalue weighted by Crippen LogP contribution is 2.30. The van der Waals surface area contributed by atoms with E-state index in [1.165, 1.54) is 0 Å². The van der Waals surface area contributed by atoms with Gasteiger partial charge in [0.05, 0.1) is 6.42 Å². The van der Waals surface area contributed by atoms with Crippen LogP contribution in [0.25, 0.3) is 11.5 Å². The first-order valence-electron chi connectivity index (χ1n) is 5.39. The van der Waals surface area contributed by atoms with Gasteiger partial charge in [-0.05, 0) is 0 Å². The average molecular weight is 308 g/mol. The summed E-state index contributed by atoms with van der Waals surface area (Å²) < 4.78 is 70.6. The highest BCUT2D eigenvalue weighted by atomic mass is 19.2. The number of halogens is 5. The Bertz CT molecular complexity index is 687. The first kappa shape index (κ1) is 14.9. The van der Waals surface area contributed by atoms with Gasteiger partial charge in [-0.15, -0.1) is 10.2 Å². The SMILES string of the molecule is O=C(O)CCc1nnc(-c2c(F)c(F)c(F)c(F)c2F)o1. The molecule has 0 saturated heterocycles. The molecule has 1 aromatic heterocycles. The van der Waals surface area contributed by atoms with Crippen molar-refractivity contribution in [2.45, 2.75) is 12.8 Å². The number of aromatic nitrogens is 2. The van der Waals surface area contributed by atoms with E-state index in [9.17, 15) is 26.7 Å². The van der Waals surface area contributed by atoms with Gasteiger partial charge in [0, 0.05) is 6.42 Å². The van der Waals surface area contributed by atoms with E-state index in [1.54, 1.807) is 0 Å². The van der Waals surface area contributed by atoms with Gasteiger partial charge in [0.2, 0.25) is 11.7 Å². The fourth-order valence-electron chi connectivity index (χ4n) is 1.46. The molecule has 0 spiro atoms. The van der Waals surface area contributed by atoms with Gasteiger partial charge < -0.3 is 9.52 Å². The molecule has 1 heterocycles. The minimum Gasteiger partial charge on any atom is -0.481 e. The smallest absolute Gasteiger partial charge is 0.303 e. The van der Waals surface area contributed by atoms with Crippen LogP contribution in [0.4, 0.5) is 22.0 Å². The third kappa shape index (κ3) is 2.69. The molecule has 1 aromatic carbocycles. The molecule has 10 heteroatoms. The van der Waals surface area contributed by atoms with E-state index in [4.69, 9.17) is 9.52 Å². The summed E-state index contributed by atoms with van der Waals surface area (Å²) in [4.78, 5) is 10.3. The Labute approximate surface area is 113 Å². The van der Waals surface area contributed by atoms with Crippen LogP contribution in [0, 0.1) is 29.1 Å². The van der Waals surface area contributed by atoms with E-state index in [0.29, 0.717) is 0 Å². The van der Waals surface area contributed by atoms with Crippen molar-refractivity contribution in [3.63, 3.8) is 0 Å². The number of hydrogen-bond acceptors (Lipinski definition) is 4. The molecule has 0 atom stereocenters. The van der Waals surface area contributed by atoms with Crippen molar-refractivity contribution in [3.05, 3.63) is 35.0 Å². The highest BCUT2D eigenvalue weighted by Gasteiger charge is 2.29. The van der Waals surface area contributed by atoms with E-state index < -0.39 is 52.9 Å². The summed E-state index contributed by atoms with van der Waals surface area (Å²) in [7, 11) is 0. The average Bonchev–Trinajstić information content (AvgIpc) is 2.89. The summed E-state index contributed by atoms with van der Waals surface area (Å²) in [5, 5.41) is 14.9. The zero-order valence-corrected chi connectivity index (χ0v) is 9.96. The predicted octanol–water partition coefficient (Wildman–Crippen LogP) is 2.45. The van der Waals surface area contributed by atoms with Gasteiger partial charge in [-0.1, -0.05) is 0 Å². The number of benzene rings is 1. The largest absolute Gasteiger partial charge is 0.481 e. The van der Waals surface area contributed by atoms with Crippen molar-refractivity contribution in [1.82, 2.24) is 10.2 Å². The summed E-state index contributed by atoms with van der Waals surface area (Å²) in [6, 6.07) is 0. The molecule has 21 heavy (non-hydrogen) atoms. The Morgan fingerprint density at radius 2 is 1.48 bits per heavy atom. The molecule has 1 N–H and O–H groups in total. The Morgan fingerprint density at radius 3 is 2.00 bits per heavy atom. The zero-order valence-electron chi connectivity index (χ0n) is 9.96. The molecule has 0 unspecified atom stereocenters. The molecule has 2 rings (SSSR count). The molecule has 0 amide bonds. The lowest BCUT2D eigenvalue weighted by atomic mass is 10.1. The standard InChI is InChI=1S/C11H5F5N2O3/c12-6-5(7(13)9(15)10(16)8(6)14)11-18-17-3(21-11)1-2-4(19)20/h1-2H2,(H,19,20). The number of carboxylic acid groups (broad SMARTS) is 1. The lowest BCUT2D eigenvalue weighted by Crippen LogP contribution is -2.04. The Balaban J connectivity index is 2.46. The van der Waals surface area contributed by atoms with Crippen molar-refractivity contribution in [2.24, 2.45) is 0 Å². The quantitative estimate of drug-likeness (QED) is 0.533. The maximum absolute atomic E-state index is 13.5. The van der Waals surface area contributed by atoms with E-state index in [0.717, 1.165) is 0 Å². The van der Waals surface area contributed by atoms with Crippen molar-refractivity contribution in [2.75, 3.05) is 0 Å². The van der Waals surface area contributed by atoms with Crippen LogP contribution in [0.1, 0.15) is 12.3 Å². The maximum atomic E-state index is 13.5. The fraction of sp³-hybridized carbons (Fsp3) is 0.182. The molecule has 0 bridgehead atoms. The molecule has 0 aliphatic heterocycles. The van der Waals surface area contributed by atoms with Gasteiger partial charge in [0.15, 0.2) is 23.3 Å². The van der Waals surface area contributed by atoms with Crippen LogP contribution in [0.5, 0.6) is 0 Å². The lowest BCUT2D eigenvalue weighted by Gasteiger charge is -2.04. The Kier molecular flexibility index (Phi) is 3.87. The van der Waals surface area contributed by atoms with Crippen LogP contribution in [0.15, 0.2) is 4.42 Å². The van der Waals surface area contributed by atoms with E-state index >= 15 is 0 Å².